The van der Waals surface area contributed by atoms with Crippen molar-refractivity contribution in [1.29, 1.82) is 0 Å². The quantitative estimate of drug-likeness (QED) is 0.655. The Morgan fingerprint density at radius 2 is 1.92 bits per heavy atom. The number of phenols is 1. The zero-order chi connectivity index (χ0) is 9.84. The van der Waals surface area contributed by atoms with Gasteiger partial charge < -0.3 is 15.9 Å². The van der Waals surface area contributed by atoms with Gasteiger partial charge in [0.05, 0.1) is 0 Å². The van der Waals surface area contributed by atoms with E-state index in [0.29, 0.717) is 0 Å². The molecule has 0 aliphatic heterocycles. The van der Waals surface area contributed by atoms with E-state index in [9.17, 15) is 4.79 Å². The molecule has 0 bridgehead atoms. The molecule has 0 aliphatic rings. The van der Waals surface area contributed by atoms with Crippen molar-refractivity contribution in [1.82, 2.24) is 0 Å². The Morgan fingerprint density at radius 1 is 1.38 bits per heavy atom. The minimum absolute atomic E-state index is 0.160. The van der Waals surface area contributed by atoms with Crippen molar-refractivity contribution in [2.75, 3.05) is 0 Å². The van der Waals surface area contributed by atoms with Gasteiger partial charge in [-0.05, 0) is 24.1 Å². The number of aromatic hydroxyl groups is 1. The normalized spacial score (nSPS) is 12.4. The minimum atomic E-state index is -1.02. The van der Waals surface area contributed by atoms with Crippen LogP contribution < -0.4 is 5.73 Å². The van der Waals surface area contributed by atoms with Crippen LogP contribution in [0.5, 0.6) is 5.75 Å². The lowest BCUT2D eigenvalue weighted by Gasteiger charge is -2.05. The summed E-state index contributed by atoms with van der Waals surface area (Å²) in [5.41, 5.74) is 6.12. The Kier molecular flexibility index (Phi) is 2.87. The Morgan fingerprint density at radius 3 is 2.38 bits per heavy atom. The van der Waals surface area contributed by atoms with Gasteiger partial charge in [-0.1, -0.05) is 12.1 Å². The number of carboxylic acid groups (broad SMARTS) is 1. The molecule has 1 rings (SSSR count). The van der Waals surface area contributed by atoms with Crippen LogP contribution in [-0.2, 0) is 11.2 Å². The maximum atomic E-state index is 10.4. The summed E-state index contributed by atoms with van der Waals surface area (Å²) in [5, 5.41) is 17.5. The summed E-state index contributed by atoms with van der Waals surface area (Å²) in [6.07, 6.45) is 0.273. The van der Waals surface area contributed by atoms with Gasteiger partial charge in [-0.15, -0.1) is 0 Å². The van der Waals surface area contributed by atoms with E-state index in [1.807, 2.05) is 0 Å². The number of rotatable bonds is 3. The SMILES string of the molecule is N[14C@@H]([14CH2][14c]1[14cH][14cH][14c](O)[14cH][14cH]1)[14C](=O)O. The summed E-state index contributed by atoms with van der Waals surface area (Å²) >= 11 is 0. The highest BCUT2D eigenvalue weighted by atomic mass is 16.7. The molecule has 0 amide bonds. The van der Waals surface area contributed by atoms with E-state index in [4.69, 9.17) is 15.9 Å². The Balaban J connectivity index is 2.64. The summed E-state index contributed by atoms with van der Waals surface area (Å²) < 4.78 is 0. The molecular formula is C9H11NO3. The molecule has 0 heterocycles. The van der Waals surface area contributed by atoms with Crippen molar-refractivity contribution in [2.24, 2.45) is 5.73 Å². The predicted molar refractivity (Wildman–Crippen MR) is 47.4 cm³/mol. The summed E-state index contributed by atoms with van der Waals surface area (Å²) in [5.74, 6) is -0.860. The van der Waals surface area contributed by atoms with Crippen LogP contribution in [0.4, 0.5) is 0 Å². The van der Waals surface area contributed by atoms with Crippen molar-refractivity contribution < 1.29 is 15.0 Å². The number of benzene rings is 1. The van der Waals surface area contributed by atoms with E-state index in [1.165, 1.54) is 12.1 Å². The molecule has 0 aliphatic carbocycles. The third-order valence-electron chi connectivity index (χ3n) is 1.71. The summed E-state index contributed by atoms with van der Waals surface area (Å²) in [6.45, 7) is 0. The van der Waals surface area contributed by atoms with Gasteiger partial charge in [0.15, 0.2) is 0 Å². The molecule has 0 radical (unpaired) electrons. The Hall–Kier alpha value is -1.55. The van der Waals surface area contributed by atoms with E-state index >= 15 is 0 Å². The zero-order valence-corrected chi connectivity index (χ0v) is 6.97. The van der Waals surface area contributed by atoms with E-state index < -0.39 is 12.0 Å². The van der Waals surface area contributed by atoms with Crippen molar-refractivity contribution in [3.63, 3.8) is 0 Å². The van der Waals surface area contributed by atoms with Gasteiger partial charge >= 0.3 is 5.97 Å². The fourth-order valence-corrected chi connectivity index (χ4v) is 0.973. The lowest BCUT2D eigenvalue weighted by molar-refractivity contribution is -0.138. The zero-order valence-electron chi connectivity index (χ0n) is 6.97. The van der Waals surface area contributed by atoms with Crippen LogP contribution in [0.15, 0.2) is 24.3 Å². The van der Waals surface area contributed by atoms with Crippen LogP contribution in [0.25, 0.3) is 0 Å². The van der Waals surface area contributed by atoms with E-state index in [2.05, 4.69) is 0 Å². The second-order valence-corrected chi connectivity index (χ2v) is 2.82. The van der Waals surface area contributed by atoms with Gasteiger partial charge in [-0.3, -0.25) is 4.79 Å². The number of carboxylic acids is 1. The first-order valence-electron chi connectivity index (χ1n) is 3.86. The third kappa shape index (κ3) is 2.76. The first-order valence-corrected chi connectivity index (χ1v) is 3.86. The highest BCUT2D eigenvalue weighted by Crippen LogP contribution is 2.10. The Labute approximate surface area is 75.6 Å². The van der Waals surface area contributed by atoms with E-state index in [1.54, 1.807) is 12.1 Å². The molecular weight excluding hydrogens is 188 g/mol. The van der Waals surface area contributed by atoms with Gasteiger partial charge in [-0.2, -0.15) is 0 Å². The molecule has 0 saturated carbocycles. The average molecular weight is 199 g/mol. The van der Waals surface area contributed by atoms with Crippen molar-refractivity contribution in [3.8, 4) is 5.75 Å². The molecule has 4 N–H and O–H groups in total. The monoisotopic (exact) mass is 199 g/mol. The second kappa shape index (κ2) is 3.91. The fourth-order valence-electron chi connectivity index (χ4n) is 0.973. The maximum absolute atomic E-state index is 10.4. The van der Waals surface area contributed by atoms with Crippen LogP contribution in [-0.4, -0.2) is 22.2 Å². The van der Waals surface area contributed by atoms with Crippen molar-refractivity contribution >= 4 is 5.97 Å². The smallest absolute Gasteiger partial charge is 0.320 e. The topological polar surface area (TPSA) is 83.5 Å². The largest absolute Gasteiger partial charge is 0.508 e. The fraction of sp³-hybridized carbons (Fsp3) is 0.222. The number of aliphatic carboxylic acids is 1. The molecule has 13 heavy (non-hydrogen) atoms. The molecule has 4 heteroatoms. The first-order chi connectivity index (χ1) is 6.09. The van der Waals surface area contributed by atoms with Gasteiger partial charge in [0.1, 0.15) is 11.8 Å². The number of hydrogen-bond donors (Lipinski definition) is 3. The molecule has 70 valence electrons. The Bertz CT molecular complexity index is 294. The molecule has 1 atom stereocenters. The van der Waals surface area contributed by atoms with Crippen LogP contribution in [0.2, 0.25) is 0 Å². The highest BCUT2D eigenvalue weighted by Gasteiger charge is 2.11. The number of carbonyl (C=O) groups is 1. The number of hydrogen-bond acceptors (Lipinski definition) is 3. The van der Waals surface area contributed by atoms with Crippen molar-refractivity contribution in [3.05, 3.63) is 29.8 Å². The molecule has 4 nitrogen and oxygen atoms in total. The third-order valence-corrected chi connectivity index (χ3v) is 1.71. The van der Waals surface area contributed by atoms with Gasteiger partial charge in [0, 0.05) is 0 Å². The van der Waals surface area contributed by atoms with E-state index in [0.717, 1.165) is 5.56 Å². The lowest BCUT2D eigenvalue weighted by Crippen LogP contribution is -2.32. The second-order valence-electron chi connectivity index (χ2n) is 2.82. The van der Waals surface area contributed by atoms with Crippen LogP contribution in [0.3, 0.4) is 0 Å². The van der Waals surface area contributed by atoms with Gasteiger partial charge in [-0.25, -0.2) is 0 Å². The minimum Gasteiger partial charge on any atom is -0.508 e. The summed E-state index contributed by atoms with van der Waals surface area (Å²) in [7, 11) is 0. The number of phenolic OH excluding ortho intramolecular Hbond substituents is 1. The maximum Gasteiger partial charge on any atom is 0.320 e. The highest BCUT2D eigenvalue weighted by molar-refractivity contribution is 5.73. The molecule has 0 unspecified atom stereocenters. The lowest BCUT2D eigenvalue weighted by atomic mass is 12.0. The molecule has 1 aromatic rings. The molecule has 0 spiro atoms. The summed E-state index contributed by atoms with van der Waals surface area (Å²) in [4.78, 5) is 10.4. The standard InChI is InChI=1S/C9H11NO3/c10-8(9(12)13)5-6-1-3-7(11)4-2-6/h1-4,8,11H,5,10H2,(H,12,13)/t8-/m0/s1/i1+2,2+2,3+2,4+2,5+2,6+2,7+2,8+2,9+2. The molecule has 0 aromatic heterocycles. The first kappa shape index (κ1) is 9.54. The van der Waals surface area contributed by atoms with Crippen LogP contribution >= 0.6 is 0 Å². The van der Waals surface area contributed by atoms with Crippen LogP contribution in [0.1, 0.15) is 5.56 Å². The number of nitrogens with two attached hydrogens (primary N) is 1. The van der Waals surface area contributed by atoms with Crippen molar-refractivity contribution in [2.45, 2.75) is 12.5 Å². The van der Waals surface area contributed by atoms with E-state index in [-0.39, 0.29) is 12.2 Å². The molecule has 0 fully saturated rings. The molecule has 0 saturated heterocycles. The van der Waals surface area contributed by atoms with Crippen LogP contribution in [0, 0.1) is 0 Å². The molecule has 1 aromatic carbocycles. The summed E-state index contributed by atoms with van der Waals surface area (Å²) in [6, 6.07) is 5.42. The predicted octanol–water partition coefficient (Wildman–Crippen LogP) is 0.347. The van der Waals surface area contributed by atoms with Gasteiger partial charge in [0.25, 0.3) is 0 Å². The van der Waals surface area contributed by atoms with Gasteiger partial charge in [0.2, 0.25) is 0 Å². The average Bonchev–Trinajstić information content (AvgIpc) is 2.08.